The van der Waals surface area contributed by atoms with Crippen LogP contribution >= 0.6 is 0 Å². The van der Waals surface area contributed by atoms with Crippen molar-refractivity contribution in [1.82, 2.24) is 4.90 Å². The number of hydrogen-bond donors (Lipinski definition) is 1. The summed E-state index contributed by atoms with van der Waals surface area (Å²) in [7, 11) is 0. The molecule has 1 fully saturated rings. The van der Waals surface area contributed by atoms with Crippen molar-refractivity contribution in [3.8, 4) is 0 Å². The van der Waals surface area contributed by atoms with Crippen molar-refractivity contribution in [2.75, 3.05) is 26.3 Å². The van der Waals surface area contributed by atoms with Gasteiger partial charge in [-0.2, -0.15) is 0 Å². The number of carbonyl (C=O) groups is 1. The van der Waals surface area contributed by atoms with Gasteiger partial charge < -0.3 is 14.7 Å². The van der Waals surface area contributed by atoms with Crippen LogP contribution in [-0.2, 0) is 15.1 Å². The molecule has 0 aromatic heterocycles. The van der Waals surface area contributed by atoms with E-state index < -0.39 is 11.5 Å². The summed E-state index contributed by atoms with van der Waals surface area (Å²) in [4.78, 5) is 15.6. The fraction of sp³-hybridized carbons (Fsp3) is 0.240. The minimum Gasteiger partial charge on any atom is -0.379 e. The Balaban J connectivity index is 1.90. The van der Waals surface area contributed by atoms with E-state index in [-0.39, 0.29) is 5.91 Å². The molecular weight excluding hydrogens is 362 g/mol. The highest BCUT2D eigenvalue weighted by Gasteiger charge is 2.46. The molecule has 4 rings (SSSR count). The van der Waals surface area contributed by atoms with Gasteiger partial charge in [0.1, 0.15) is 11.5 Å². The molecular formula is C25H25NO3. The first kappa shape index (κ1) is 19.4. The lowest BCUT2D eigenvalue weighted by atomic mass is 9.72. The van der Waals surface area contributed by atoms with Gasteiger partial charge >= 0.3 is 0 Å². The number of nitrogens with zero attached hydrogens (tertiary/aromatic N) is 1. The molecule has 1 atom stereocenters. The molecule has 1 saturated heterocycles. The fourth-order valence-corrected chi connectivity index (χ4v) is 4.06. The monoisotopic (exact) mass is 387 g/mol. The molecule has 0 spiro atoms. The highest BCUT2D eigenvalue weighted by Crippen LogP contribution is 2.43. The van der Waals surface area contributed by atoms with Crippen molar-refractivity contribution in [2.45, 2.75) is 11.5 Å². The number of hydrogen-bond acceptors (Lipinski definition) is 3. The minimum absolute atomic E-state index is 0.0882. The molecule has 1 aliphatic rings. The zero-order valence-electron chi connectivity index (χ0n) is 16.3. The van der Waals surface area contributed by atoms with Gasteiger partial charge in [0.2, 0.25) is 5.91 Å². The second-order valence-corrected chi connectivity index (χ2v) is 7.28. The molecule has 1 N–H and O–H groups in total. The van der Waals surface area contributed by atoms with Crippen LogP contribution in [0.2, 0.25) is 0 Å². The van der Waals surface area contributed by atoms with Gasteiger partial charge in [0, 0.05) is 13.1 Å². The van der Waals surface area contributed by atoms with Crippen LogP contribution in [0.3, 0.4) is 0 Å². The predicted molar refractivity (Wildman–Crippen MR) is 112 cm³/mol. The molecule has 3 aromatic rings. The van der Waals surface area contributed by atoms with Gasteiger partial charge in [-0.3, -0.25) is 4.79 Å². The standard InChI is InChI=1S/C25H25NO3/c27-24(26-16-18-29-19-17-26)23(20-10-4-1-5-11-20)25(28,21-12-6-2-7-13-21)22-14-8-3-9-15-22/h1-15,23,28H,16-19H2. The maximum Gasteiger partial charge on any atom is 0.233 e. The third-order valence-electron chi connectivity index (χ3n) is 5.55. The third-order valence-corrected chi connectivity index (χ3v) is 5.55. The number of rotatable bonds is 5. The van der Waals surface area contributed by atoms with E-state index in [4.69, 9.17) is 4.74 Å². The summed E-state index contributed by atoms with van der Waals surface area (Å²) >= 11 is 0. The molecule has 1 aliphatic heterocycles. The van der Waals surface area contributed by atoms with Crippen molar-refractivity contribution in [1.29, 1.82) is 0 Å². The van der Waals surface area contributed by atoms with Crippen molar-refractivity contribution >= 4 is 5.91 Å². The summed E-state index contributed by atoms with van der Waals surface area (Å²) in [5.74, 6) is -0.860. The van der Waals surface area contributed by atoms with Crippen LogP contribution in [0, 0.1) is 0 Å². The number of morpholine rings is 1. The Kier molecular flexibility index (Phi) is 5.74. The average molecular weight is 387 g/mol. The second-order valence-electron chi connectivity index (χ2n) is 7.28. The summed E-state index contributed by atoms with van der Waals surface area (Å²) in [6.07, 6.45) is 0. The van der Waals surface area contributed by atoms with E-state index in [1.807, 2.05) is 91.0 Å². The van der Waals surface area contributed by atoms with Crippen molar-refractivity contribution in [3.05, 3.63) is 108 Å². The molecule has 148 valence electrons. The molecule has 0 saturated carbocycles. The van der Waals surface area contributed by atoms with E-state index >= 15 is 0 Å². The van der Waals surface area contributed by atoms with E-state index in [2.05, 4.69) is 0 Å². The van der Waals surface area contributed by atoms with E-state index in [0.29, 0.717) is 37.4 Å². The smallest absolute Gasteiger partial charge is 0.233 e. The van der Waals surface area contributed by atoms with Crippen LogP contribution in [0.15, 0.2) is 91.0 Å². The lowest BCUT2D eigenvalue weighted by molar-refractivity contribution is -0.142. The van der Waals surface area contributed by atoms with Crippen LogP contribution in [0.25, 0.3) is 0 Å². The van der Waals surface area contributed by atoms with Crippen LogP contribution in [0.4, 0.5) is 0 Å². The Morgan fingerprint density at radius 2 is 1.24 bits per heavy atom. The number of amides is 1. The number of carbonyl (C=O) groups excluding carboxylic acids is 1. The van der Waals surface area contributed by atoms with Gasteiger partial charge in [-0.15, -0.1) is 0 Å². The van der Waals surface area contributed by atoms with Crippen LogP contribution in [0.1, 0.15) is 22.6 Å². The number of benzene rings is 3. The molecule has 4 heteroatoms. The largest absolute Gasteiger partial charge is 0.379 e. The van der Waals surface area contributed by atoms with Gasteiger partial charge in [0.05, 0.1) is 13.2 Å². The van der Waals surface area contributed by atoms with E-state index in [9.17, 15) is 9.90 Å². The molecule has 1 heterocycles. The van der Waals surface area contributed by atoms with Gasteiger partial charge in [-0.25, -0.2) is 0 Å². The molecule has 0 radical (unpaired) electrons. The molecule has 3 aromatic carbocycles. The number of aliphatic hydroxyl groups is 1. The summed E-state index contributed by atoms with van der Waals surface area (Å²) in [5.41, 5.74) is 0.682. The topological polar surface area (TPSA) is 49.8 Å². The maximum atomic E-state index is 13.8. The highest BCUT2D eigenvalue weighted by molar-refractivity contribution is 5.86. The molecule has 29 heavy (non-hydrogen) atoms. The van der Waals surface area contributed by atoms with Crippen LogP contribution < -0.4 is 0 Å². The Hall–Kier alpha value is -2.95. The van der Waals surface area contributed by atoms with Crippen molar-refractivity contribution in [3.63, 3.8) is 0 Å². The maximum absolute atomic E-state index is 13.8. The molecule has 0 aliphatic carbocycles. The average Bonchev–Trinajstić information content (AvgIpc) is 2.81. The third kappa shape index (κ3) is 3.82. The van der Waals surface area contributed by atoms with Crippen LogP contribution in [-0.4, -0.2) is 42.2 Å². The van der Waals surface area contributed by atoms with Gasteiger partial charge in [0.15, 0.2) is 0 Å². The molecule has 1 unspecified atom stereocenters. The number of ether oxygens (including phenoxy) is 1. The fourth-order valence-electron chi connectivity index (χ4n) is 4.06. The second kappa shape index (κ2) is 8.60. The summed E-state index contributed by atoms with van der Waals surface area (Å²) in [6, 6.07) is 28.5. The van der Waals surface area contributed by atoms with Crippen LogP contribution in [0.5, 0.6) is 0 Å². The van der Waals surface area contributed by atoms with Gasteiger partial charge in [-0.05, 0) is 16.7 Å². The lowest BCUT2D eigenvalue weighted by Gasteiger charge is -2.40. The summed E-state index contributed by atoms with van der Waals surface area (Å²) < 4.78 is 5.43. The normalized spacial score (nSPS) is 15.7. The first-order valence-corrected chi connectivity index (χ1v) is 9.96. The quantitative estimate of drug-likeness (QED) is 0.728. The summed E-state index contributed by atoms with van der Waals surface area (Å²) in [5, 5.41) is 12.3. The predicted octanol–water partition coefficient (Wildman–Crippen LogP) is 3.57. The zero-order valence-corrected chi connectivity index (χ0v) is 16.3. The first-order valence-electron chi connectivity index (χ1n) is 9.96. The van der Waals surface area contributed by atoms with E-state index in [1.54, 1.807) is 4.90 Å². The Labute approximate surface area is 171 Å². The minimum atomic E-state index is -1.50. The molecule has 4 nitrogen and oxygen atoms in total. The Morgan fingerprint density at radius 3 is 1.72 bits per heavy atom. The summed E-state index contributed by atoms with van der Waals surface area (Å²) in [6.45, 7) is 2.09. The van der Waals surface area contributed by atoms with Crippen molar-refractivity contribution < 1.29 is 14.6 Å². The van der Waals surface area contributed by atoms with Gasteiger partial charge in [0.25, 0.3) is 0 Å². The van der Waals surface area contributed by atoms with E-state index in [0.717, 1.165) is 5.56 Å². The van der Waals surface area contributed by atoms with E-state index in [1.165, 1.54) is 0 Å². The highest BCUT2D eigenvalue weighted by atomic mass is 16.5. The van der Waals surface area contributed by atoms with Gasteiger partial charge in [-0.1, -0.05) is 91.0 Å². The SMILES string of the molecule is O=C(C(c1ccccc1)C(O)(c1ccccc1)c1ccccc1)N1CCOCC1. The first-order chi connectivity index (χ1) is 14.2. The zero-order chi connectivity index (χ0) is 20.1. The molecule has 0 bridgehead atoms. The lowest BCUT2D eigenvalue weighted by Crippen LogP contribution is -2.49. The molecule has 1 amide bonds. The van der Waals surface area contributed by atoms with Crippen molar-refractivity contribution in [2.24, 2.45) is 0 Å². The Bertz CT molecular complexity index is 883. The Morgan fingerprint density at radius 1 is 0.793 bits per heavy atom.